The molecule has 0 aliphatic carbocycles. The van der Waals surface area contributed by atoms with Crippen LogP contribution in [0, 0.1) is 0 Å². The molecule has 98 valence electrons. The Hall–Kier alpha value is -1.82. The lowest BCUT2D eigenvalue weighted by Gasteiger charge is -2.27. The molecule has 1 fully saturated rings. The summed E-state index contributed by atoms with van der Waals surface area (Å²) < 4.78 is 10.3. The van der Waals surface area contributed by atoms with Crippen molar-refractivity contribution in [3.05, 3.63) is 23.9 Å². The van der Waals surface area contributed by atoms with Gasteiger partial charge in [0.05, 0.1) is 32.6 Å². The Labute approximate surface area is 106 Å². The molecule has 0 saturated carbocycles. The SMILES string of the molecule is COc1cccc(CN=C(N)N2CCOCC2)n1. The number of guanidine groups is 1. The van der Waals surface area contributed by atoms with Gasteiger partial charge in [-0.2, -0.15) is 0 Å². The Balaban J connectivity index is 1.95. The van der Waals surface area contributed by atoms with E-state index in [1.807, 2.05) is 17.0 Å². The molecule has 1 aromatic rings. The van der Waals surface area contributed by atoms with Gasteiger partial charge in [-0.15, -0.1) is 0 Å². The van der Waals surface area contributed by atoms with Crippen molar-refractivity contribution in [3.8, 4) is 5.88 Å². The summed E-state index contributed by atoms with van der Waals surface area (Å²) in [6.45, 7) is 3.45. The quantitative estimate of drug-likeness (QED) is 0.614. The summed E-state index contributed by atoms with van der Waals surface area (Å²) in [5, 5.41) is 0. The van der Waals surface area contributed by atoms with Gasteiger partial charge in [0, 0.05) is 19.2 Å². The minimum Gasteiger partial charge on any atom is -0.481 e. The van der Waals surface area contributed by atoms with Gasteiger partial charge in [0.25, 0.3) is 0 Å². The van der Waals surface area contributed by atoms with Gasteiger partial charge in [-0.1, -0.05) is 6.07 Å². The second-order valence-electron chi connectivity index (χ2n) is 3.95. The van der Waals surface area contributed by atoms with Gasteiger partial charge in [-0.3, -0.25) is 0 Å². The molecule has 0 amide bonds. The smallest absolute Gasteiger partial charge is 0.213 e. The summed E-state index contributed by atoms with van der Waals surface area (Å²) in [5.74, 6) is 1.13. The number of hydrogen-bond acceptors (Lipinski definition) is 4. The molecule has 2 heterocycles. The molecule has 0 aromatic carbocycles. The lowest BCUT2D eigenvalue weighted by molar-refractivity contribution is 0.0674. The molecule has 2 N–H and O–H groups in total. The highest BCUT2D eigenvalue weighted by Crippen LogP contribution is 2.07. The number of morpholine rings is 1. The molecular formula is C12H18N4O2. The minimum absolute atomic E-state index is 0.459. The highest BCUT2D eigenvalue weighted by molar-refractivity contribution is 5.78. The monoisotopic (exact) mass is 250 g/mol. The van der Waals surface area contributed by atoms with Crippen molar-refractivity contribution < 1.29 is 9.47 Å². The highest BCUT2D eigenvalue weighted by atomic mass is 16.5. The number of methoxy groups -OCH3 is 1. The zero-order valence-corrected chi connectivity index (χ0v) is 10.5. The van der Waals surface area contributed by atoms with Gasteiger partial charge in [0.15, 0.2) is 5.96 Å². The number of nitrogens with zero attached hydrogens (tertiary/aromatic N) is 3. The molecule has 18 heavy (non-hydrogen) atoms. The molecule has 0 radical (unpaired) electrons. The van der Waals surface area contributed by atoms with Gasteiger partial charge in [-0.05, 0) is 6.07 Å². The predicted molar refractivity (Wildman–Crippen MR) is 68.5 cm³/mol. The number of ether oxygens (including phenoxy) is 2. The Bertz CT molecular complexity index is 416. The fourth-order valence-corrected chi connectivity index (χ4v) is 1.71. The van der Waals surface area contributed by atoms with Crippen LogP contribution in [-0.4, -0.2) is 49.3 Å². The molecule has 1 aliphatic heterocycles. The number of aliphatic imine (C=N–C) groups is 1. The van der Waals surface area contributed by atoms with E-state index < -0.39 is 0 Å². The van der Waals surface area contributed by atoms with Crippen molar-refractivity contribution in [2.24, 2.45) is 10.7 Å². The second-order valence-corrected chi connectivity index (χ2v) is 3.95. The summed E-state index contributed by atoms with van der Waals surface area (Å²) in [7, 11) is 1.59. The van der Waals surface area contributed by atoms with Crippen LogP contribution in [-0.2, 0) is 11.3 Å². The van der Waals surface area contributed by atoms with Gasteiger partial charge >= 0.3 is 0 Å². The first-order valence-electron chi connectivity index (χ1n) is 5.92. The van der Waals surface area contributed by atoms with E-state index in [9.17, 15) is 0 Å². The Morgan fingerprint density at radius 1 is 1.50 bits per heavy atom. The summed E-state index contributed by atoms with van der Waals surface area (Å²) in [4.78, 5) is 10.6. The number of aromatic nitrogens is 1. The van der Waals surface area contributed by atoms with Crippen molar-refractivity contribution in [2.75, 3.05) is 33.4 Å². The van der Waals surface area contributed by atoms with Crippen LogP contribution in [0.2, 0.25) is 0 Å². The van der Waals surface area contributed by atoms with Crippen molar-refractivity contribution >= 4 is 5.96 Å². The maximum Gasteiger partial charge on any atom is 0.213 e. The van der Waals surface area contributed by atoms with Gasteiger partial charge < -0.3 is 20.1 Å². The van der Waals surface area contributed by atoms with E-state index in [-0.39, 0.29) is 0 Å². The van der Waals surface area contributed by atoms with Crippen LogP contribution < -0.4 is 10.5 Å². The van der Waals surface area contributed by atoms with Gasteiger partial charge in [0.2, 0.25) is 5.88 Å². The standard InChI is InChI=1S/C12H18N4O2/c1-17-11-4-2-3-10(15-11)9-14-12(13)16-5-7-18-8-6-16/h2-4H,5-9H2,1H3,(H2,13,14). The third-order valence-electron chi connectivity index (χ3n) is 2.73. The summed E-state index contributed by atoms with van der Waals surface area (Å²) >= 11 is 0. The van der Waals surface area contributed by atoms with E-state index in [1.165, 1.54) is 0 Å². The molecule has 0 bridgehead atoms. The molecule has 1 aromatic heterocycles. The average molecular weight is 250 g/mol. The van der Waals surface area contributed by atoms with Crippen LogP contribution in [0.15, 0.2) is 23.2 Å². The molecular weight excluding hydrogens is 232 g/mol. The first kappa shape index (κ1) is 12.6. The lowest BCUT2D eigenvalue weighted by Crippen LogP contribution is -2.44. The topological polar surface area (TPSA) is 73.0 Å². The number of hydrogen-bond donors (Lipinski definition) is 1. The molecule has 0 atom stereocenters. The predicted octanol–water partition coefficient (Wildman–Crippen LogP) is 0.237. The first-order valence-corrected chi connectivity index (χ1v) is 5.92. The van der Waals surface area contributed by atoms with Crippen LogP contribution in [0.25, 0.3) is 0 Å². The number of pyridine rings is 1. The van der Waals surface area contributed by atoms with Crippen LogP contribution in [0.3, 0.4) is 0 Å². The fraction of sp³-hybridized carbons (Fsp3) is 0.500. The molecule has 1 aliphatic rings. The van der Waals surface area contributed by atoms with Crippen LogP contribution in [0.5, 0.6) is 5.88 Å². The van der Waals surface area contributed by atoms with E-state index in [2.05, 4.69) is 9.98 Å². The molecule has 2 rings (SSSR count). The molecule has 6 nitrogen and oxygen atoms in total. The summed E-state index contributed by atoms with van der Waals surface area (Å²) in [5.41, 5.74) is 6.77. The largest absolute Gasteiger partial charge is 0.481 e. The summed E-state index contributed by atoms with van der Waals surface area (Å²) in [6.07, 6.45) is 0. The minimum atomic E-state index is 0.459. The van der Waals surface area contributed by atoms with E-state index in [0.29, 0.717) is 31.6 Å². The maximum absolute atomic E-state index is 5.93. The van der Waals surface area contributed by atoms with E-state index in [4.69, 9.17) is 15.2 Å². The average Bonchev–Trinajstić information content (AvgIpc) is 2.46. The van der Waals surface area contributed by atoms with Crippen molar-refractivity contribution in [2.45, 2.75) is 6.54 Å². The third kappa shape index (κ3) is 3.33. The second kappa shape index (κ2) is 6.20. The Morgan fingerprint density at radius 2 is 2.28 bits per heavy atom. The maximum atomic E-state index is 5.93. The molecule has 1 saturated heterocycles. The van der Waals surface area contributed by atoms with Crippen molar-refractivity contribution in [1.29, 1.82) is 0 Å². The molecule has 0 unspecified atom stereocenters. The highest BCUT2D eigenvalue weighted by Gasteiger charge is 2.11. The number of rotatable bonds is 3. The first-order chi connectivity index (χ1) is 8.79. The Morgan fingerprint density at radius 3 is 3.00 bits per heavy atom. The third-order valence-corrected chi connectivity index (χ3v) is 2.73. The van der Waals surface area contributed by atoms with Crippen molar-refractivity contribution in [1.82, 2.24) is 9.88 Å². The zero-order valence-electron chi connectivity index (χ0n) is 10.5. The van der Waals surface area contributed by atoms with E-state index in [0.717, 1.165) is 18.8 Å². The lowest BCUT2D eigenvalue weighted by atomic mass is 10.3. The van der Waals surface area contributed by atoms with Gasteiger partial charge in [0.1, 0.15) is 0 Å². The van der Waals surface area contributed by atoms with Crippen LogP contribution in [0.1, 0.15) is 5.69 Å². The fourth-order valence-electron chi connectivity index (χ4n) is 1.71. The van der Waals surface area contributed by atoms with Crippen LogP contribution in [0.4, 0.5) is 0 Å². The van der Waals surface area contributed by atoms with E-state index in [1.54, 1.807) is 13.2 Å². The summed E-state index contributed by atoms with van der Waals surface area (Å²) in [6, 6.07) is 5.60. The molecule has 6 heteroatoms. The van der Waals surface area contributed by atoms with Crippen LogP contribution >= 0.6 is 0 Å². The normalized spacial score (nSPS) is 16.7. The number of nitrogens with two attached hydrogens (primary N) is 1. The zero-order chi connectivity index (χ0) is 12.8. The van der Waals surface area contributed by atoms with Crippen molar-refractivity contribution in [3.63, 3.8) is 0 Å². The Kier molecular flexibility index (Phi) is 4.35. The van der Waals surface area contributed by atoms with Gasteiger partial charge in [-0.25, -0.2) is 9.98 Å². The molecule has 0 spiro atoms. The van der Waals surface area contributed by atoms with E-state index >= 15 is 0 Å².